The Hall–Kier alpha value is -1.65. The Labute approximate surface area is 79.5 Å². The number of amides is 1. The standard InChI is InChI=1S/C9H9F2NO2/c1-2-14-6-4-3-5(9(12)13)7(10)8(6)11/h3-4H,2H2,1H3,(H2,12,13). The van der Waals surface area contributed by atoms with Crippen LogP contribution in [0.5, 0.6) is 5.75 Å². The molecule has 0 radical (unpaired) electrons. The molecule has 0 atom stereocenters. The van der Waals surface area contributed by atoms with E-state index in [4.69, 9.17) is 10.5 Å². The smallest absolute Gasteiger partial charge is 0.251 e. The molecule has 1 rings (SSSR count). The minimum atomic E-state index is -1.27. The largest absolute Gasteiger partial charge is 0.491 e. The fourth-order valence-electron chi connectivity index (χ4n) is 0.989. The Morgan fingerprint density at radius 3 is 2.57 bits per heavy atom. The van der Waals surface area contributed by atoms with Crippen LogP contribution < -0.4 is 10.5 Å². The molecule has 2 N–H and O–H groups in total. The predicted octanol–water partition coefficient (Wildman–Crippen LogP) is 1.46. The summed E-state index contributed by atoms with van der Waals surface area (Å²) in [5.74, 6) is -3.70. The van der Waals surface area contributed by atoms with Gasteiger partial charge in [0.25, 0.3) is 5.91 Å². The van der Waals surface area contributed by atoms with E-state index < -0.39 is 23.1 Å². The monoisotopic (exact) mass is 201 g/mol. The number of rotatable bonds is 3. The number of halogens is 2. The van der Waals surface area contributed by atoms with Gasteiger partial charge >= 0.3 is 0 Å². The summed E-state index contributed by atoms with van der Waals surface area (Å²) < 4.78 is 31.0. The van der Waals surface area contributed by atoms with Crippen LogP contribution in [-0.4, -0.2) is 12.5 Å². The van der Waals surface area contributed by atoms with E-state index in [-0.39, 0.29) is 12.4 Å². The minimum Gasteiger partial charge on any atom is -0.491 e. The summed E-state index contributed by atoms with van der Waals surface area (Å²) in [5, 5.41) is 0. The number of ether oxygens (including phenoxy) is 1. The highest BCUT2D eigenvalue weighted by atomic mass is 19.2. The highest BCUT2D eigenvalue weighted by Gasteiger charge is 2.17. The highest BCUT2D eigenvalue weighted by Crippen LogP contribution is 2.22. The fourth-order valence-corrected chi connectivity index (χ4v) is 0.989. The van der Waals surface area contributed by atoms with E-state index in [2.05, 4.69) is 0 Å². The van der Waals surface area contributed by atoms with Crippen LogP contribution in [0.25, 0.3) is 0 Å². The van der Waals surface area contributed by atoms with Gasteiger partial charge in [0.2, 0.25) is 5.82 Å². The Kier molecular flexibility index (Phi) is 3.01. The van der Waals surface area contributed by atoms with E-state index in [1.54, 1.807) is 6.92 Å². The Morgan fingerprint density at radius 2 is 2.07 bits per heavy atom. The molecule has 0 aliphatic carbocycles. The third-order valence-electron chi connectivity index (χ3n) is 1.61. The maximum atomic E-state index is 13.1. The molecule has 14 heavy (non-hydrogen) atoms. The lowest BCUT2D eigenvalue weighted by Crippen LogP contribution is -2.14. The zero-order valence-electron chi connectivity index (χ0n) is 7.51. The Morgan fingerprint density at radius 1 is 1.43 bits per heavy atom. The molecule has 0 bridgehead atoms. The van der Waals surface area contributed by atoms with Crippen molar-refractivity contribution in [2.45, 2.75) is 6.92 Å². The second-order valence-corrected chi connectivity index (χ2v) is 2.54. The molecule has 1 amide bonds. The molecule has 0 unspecified atom stereocenters. The van der Waals surface area contributed by atoms with Gasteiger partial charge < -0.3 is 10.5 Å². The molecule has 0 aliphatic rings. The lowest BCUT2D eigenvalue weighted by atomic mass is 10.2. The average Bonchev–Trinajstić information content (AvgIpc) is 2.13. The number of carbonyl (C=O) groups is 1. The van der Waals surface area contributed by atoms with E-state index >= 15 is 0 Å². The molecule has 0 fully saturated rings. The first-order chi connectivity index (χ1) is 6.57. The summed E-state index contributed by atoms with van der Waals surface area (Å²) in [7, 11) is 0. The number of hydrogen-bond donors (Lipinski definition) is 1. The van der Waals surface area contributed by atoms with Crippen LogP contribution in [0.1, 0.15) is 17.3 Å². The van der Waals surface area contributed by atoms with Crippen molar-refractivity contribution in [1.29, 1.82) is 0 Å². The van der Waals surface area contributed by atoms with Crippen LogP contribution in [0.2, 0.25) is 0 Å². The van der Waals surface area contributed by atoms with Crippen molar-refractivity contribution in [1.82, 2.24) is 0 Å². The van der Waals surface area contributed by atoms with Gasteiger partial charge in [0, 0.05) is 0 Å². The molecule has 0 saturated carbocycles. The molecule has 76 valence electrons. The van der Waals surface area contributed by atoms with Crippen molar-refractivity contribution in [2.24, 2.45) is 5.73 Å². The molecule has 0 saturated heterocycles. The van der Waals surface area contributed by atoms with Crippen LogP contribution in [0.3, 0.4) is 0 Å². The lowest BCUT2D eigenvalue weighted by Gasteiger charge is -2.06. The van der Waals surface area contributed by atoms with Gasteiger partial charge in [-0.2, -0.15) is 4.39 Å². The number of nitrogens with two attached hydrogens (primary N) is 1. The molecular weight excluding hydrogens is 192 g/mol. The average molecular weight is 201 g/mol. The maximum Gasteiger partial charge on any atom is 0.251 e. The molecule has 5 heteroatoms. The topological polar surface area (TPSA) is 52.3 Å². The van der Waals surface area contributed by atoms with Gasteiger partial charge in [0.1, 0.15) is 0 Å². The maximum absolute atomic E-state index is 13.1. The predicted molar refractivity (Wildman–Crippen MR) is 46.0 cm³/mol. The van der Waals surface area contributed by atoms with Gasteiger partial charge in [0.15, 0.2) is 11.6 Å². The zero-order chi connectivity index (χ0) is 10.7. The van der Waals surface area contributed by atoms with Gasteiger partial charge in [-0.25, -0.2) is 4.39 Å². The molecular formula is C9H9F2NO2. The summed E-state index contributed by atoms with van der Waals surface area (Å²) in [6, 6.07) is 2.26. The van der Waals surface area contributed by atoms with E-state index in [1.165, 1.54) is 6.07 Å². The summed E-state index contributed by atoms with van der Waals surface area (Å²) in [5.41, 5.74) is 4.34. The van der Waals surface area contributed by atoms with Crippen molar-refractivity contribution in [2.75, 3.05) is 6.61 Å². The number of primary amides is 1. The second kappa shape index (κ2) is 4.04. The van der Waals surface area contributed by atoms with E-state index in [0.29, 0.717) is 0 Å². The third kappa shape index (κ3) is 1.81. The van der Waals surface area contributed by atoms with E-state index in [9.17, 15) is 13.6 Å². The fraction of sp³-hybridized carbons (Fsp3) is 0.222. The third-order valence-corrected chi connectivity index (χ3v) is 1.61. The van der Waals surface area contributed by atoms with Gasteiger partial charge in [-0.15, -0.1) is 0 Å². The van der Waals surface area contributed by atoms with Gasteiger partial charge in [-0.3, -0.25) is 4.79 Å². The quantitative estimate of drug-likeness (QED) is 0.804. The van der Waals surface area contributed by atoms with Crippen molar-refractivity contribution >= 4 is 5.91 Å². The van der Waals surface area contributed by atoms with Gasteiger partial charge in [0.05, 0.1) is 12.2 Å². The van der Waals surface area contributed by atoms with E-state index in [1.807, 2.05) is 0 Å². The zero-order valence-corrected chi connectivity index (χ0v) is 7.51. The second-order valence-electron chi connectivity index (χ2n) is 2.54. The first kappa shape index (κ1) is 10.4. The summed E-state index contributed by atoms with van der Waals surface area (Å²) in [6.07, 6.45) is 0. The van der Waals surface area contributed by atoms with Crippen molar-refractivity contribution in [3.05, 3.63) is 29.3 Å². The highest BCUT2D eigenvalue weighted by molar-refractivity contribution is 5.93. The summed E-state index contributed by atoms with van der Waals surface area (Å²) in [6.45, 7) is 1.85. The Bertz CT molecular complexity index is 366. The van der Waals surface area contributed by atoms with Crippen LogP contribution in [0, 0.1) is 11.6 Å². The summed E-state index contributed by atoms with van der Waals surface area (Å²) in [4.78, 5) is 10.6. The van der Waals surface area contributed by atoms with Crippen LogP contribution >= 0.6 is 0 Å². The molecule has 0 spiro atoms. The molecule has 0 aromatic heterocycles. The normalized spacial score (nSPS) is 9.93. The lowest BCUT2D eigenvalue weighted by molar-refractivity contribution is 0.0995. The van der Waals surface area contributed by atoms with Crippen LogP contribution in [0.4, 0.5) is 8.78 Å². The van der Waals surface area contributed by atoms with Crippen molar-refractivity contribution in [3.8, 4) is 5.75 Å². The SMILES string of the molecule is CCOc1ccc(C(N)=O)c(F)c1F. The molecule has 3 nitrogen and oxygen atoms in total. The van der Waals surface area contributed by atoms with Gasteiger partial charge in [-0.1, -0.05) is 0 Å². The molecule has 1 aromatic carbocycles. The van der Waals surface area contributed by atoms with Crippen molar-refractivity contribution in [3.63, 3.8) is 0 Å². The van der Waals surface area contributed by atoms with Gasteiger partial charge in [-0.05, 0) is 19.1 Å². The first-order valence-electron chi connectivity index (χ1n) is 3.98. The number of carbonyl (C=O) groups excluding carboxylic acids is 1. The molecule has 0 heterocycles. The summed E-state index contributed by atoms with van der Waals surface area (Å²) >= 11 is 0. The minimum absolute atomic E-state index is 0.215. The van der Waals surface area contributed by atoms with E-state index in [0.717, 1.165) is 6.07 Å². The molecule has 0 aliphatic heterocycles. The van der Waals surface area contributed by atoms with Crippen LogP contribution in [-0.2, 0) is 0 Å². The van der Waals surface area contributed by atoms with Crippen molar-refractivity contribution < 1.29 is 18.3 Å². The van der Waals surface area contributed by atoms with Crippen LogP contribution in [0.15, 0.2) is 12.1 Å². The Balaban J connectivity index is 3.19. The number of hydrogen-bond acceptors (Lipinski definition) is 2. The first-order valence-corrected chi connectivity index (χ1v) is 3.98. The molecule has 1 aromatic rings. The number of benzene rings is 1.